The van der Waals surface area contributed by atoms with Crippen LogP contribution in [0.5, 0.6) is 11.8 Å². The van der Waals surface area contributed by atoms with Gasteiger partial charge in [0.15, 0.2) is 5.82 Å². The zero-order chi connectivity index (χ0) is 35.6. The van der Waals surface area contributed by atoms with Gasteiger partial charge in [-0.3, -0.25) is 14.8 Å². The van der Waals surface area contributed by atoms with Crippen molar-refractivity contribution < 1.29 is 23.0 Å². The number of halogens is 3. The number of fused-ring (bicyclic) bond motifs is 5. The number of pyridine rings is 1. The van der Waals surface area contributed by atoms with Gasteiger partial charge in [0.05, 0.1) is 16.5 Å². The number of terminal acetylenes is 1. The molecule has 5 saturated heterocycles. The molecule has 9 nitrogen and oxygen atoms in total. The molecule has 5 fully saturated rings. The third kappa shape index (κ3) is 5.81. The van der Waals surface area contributed by atoms with Crippen molar-refractivity contribution in [2.75, 3.05) is 63.9 Å². The quantitative estimate of drug-likeness (QED) is 0.225. The largest absolute Gasteiger partial charge is 0.508 e. The van der Waals surface area contributed by atoms with Crippen molar-refractivity contribution in [2.24, 2.45) is 0 Å². The Morgan fingerprint density at radius 1 is 0.981 bits per heavy atom. The number of likely N-dealkylation sites (tertiary alicyclic amines) is 1. The third-order valence-electron chi connectivity index (χ3n) is 12.4. The van der Waals surface area contributed by atoms with Crippen molar-refractivity contribution in [3.05, 3.63) is 47.7 Å². The van der Waals surface area contributed by atoms with Crippen LogP contribution in [0.25, 0.3) is 32.9 Å². The van der Waals surface area contributed by atoms with Crippen LogP contribution in [0.1, 0.15) is 56.9 Å². The molecule has 0 saturated carbocycles. The second-order valence-corrected chi connectivity index (χ2v) is 15.5. The van der Waals surface area contributed by atoms with Crippen LogP contribution in [0.4, 0.5) is 19.0 Å². The van der Waals surface area contributed by atoms with Crippen molar-refractivity contribution in [3.63, 3.8) is 0 Å². The number of hydrogen-bond donors (Lipinski definition) is 1. The summed E-state index contributed by atoms with van der Waals surface area (Å²) >= 11 is 0. The number of ether oxygens (including phenoxy) is 1. The summed E-state index contributed by atoms with van der Waals surface area (Å²) in [6.07, 6.45) is 14.6. The molecule has 4 aromatic rings. The minimum Gasteiger partial charge on any atom is -0.508 e. The van der Waals surface area contributed by atoms with E-state index in [0.717, 1.165) is 58.4 Å². The summed E-state index contributed by atoms with van der Waals surface area (Å²) in [5, 5.41) is 11.8. The van der Waals surface area contributed by atoms with E-state index in [1.807, 2.05) is 0 Å². The molecule has 5 aliphatic rings. The summed E-state index contributed by atoms with van der Waals surface area (Å²) in [6.45, 7) is 7.33. The molecule has 2 aromatic heterocycles. The molecule has 9 rings (SSSR count). The number of aromatic hydroxyl groups is 1. The number of piperidine rings is 1. The SMILES string of the molecule is C#Cc1c(F)ccc2cc(O)cc(-c3ncc4c(N5CC6CCC(C5)N6CCN5CCCCC5)nc(OC[C@@]56CCCN5C[C@H](F)C6)nc4c3F)c12. The van der Waals surface area contributed by atoms with E-state index < -0.39 is 23.3 Å². The maximum Gasteiger partial charge on any atom is 0.319 e. The average molecular weight is 712 g/mol. The number of rotatable bonds is 8. The lowest BCUT2D eigenvalue weighted by atomic mass is 9.95. The van der Waals surface area contributed by atoms with E-state index in [0.29, 0.717) is 41.6 Å². The van der Waals surface area contributed by atoms with Gasteiger partial charge < -0.3 is 19.6 Å². The Morgan fingerprint density at radius 3 is 2.58 bits per heavy atom. The van der Waals surface area contributed by atoms with Crippen LogP contribution >= 0.6 is 0 Å². The number of hydrogen-bond acceptors (Lipinski definition) is 9. The van der Waals surface area contributed by atoms with Crippen LogP contribution in [-0.4, -0.2) is 118 Å². The van der Waals surface area contributed by atoms with E-state index in [1.54, 1.807) is 6.20 Å². The molecule has 4 atom stereocenters. The first-order valence-corrected chi connectivity index (χ1v) is 18.8. The van der Waals surface area contributed by atoms with E-state index in [4.69, 9.17) is 16.1 Å². The van der Waals surface area contributed by atoms with Gasteiger partial charge in [-0.2, -0.15) is 9.97 Å². The Morgan fingerprint density at radius 2 is 1.79 bits per heavy atom. The molecule has 0 spiro atoms. The molecular weight excluding hydrogens is 667 g/mol. The highest BCUT2D eigenvalue weighted by Gasteiger charge is 2.49. The van der Waals surface area contributed by atoms with E-state index >= 15 is 4.39 Å². The minimum absolute atomic E-state index is 0.00981. The summed E-state index contributed by atoms with van der Waals surface area (Å²) < 4.78 is 53.0. The fraction of sp³-hybridized carbons (Fsp3) is 0.525. The molecule has 2 bridgehead atoms. The fourth-order valence-electron chi connectivity index (χ4n) is 9.88. The van der Waals surface area contributed by atoms with E-state index in [2.05, 4.69) is 35.5 Å². The van der Waals surface area contributed by atoms with Gasteiger partial charge in [-0.1, -0.05) is 18.4 Å². The number of piperazine rings is 1. The molecule has 12 heteroatoms. The minimum atomic E-state index is -0.917. The van der Waals surface area contributed by atoms with Crippen LogP contribution in [0.2, 0.25) is 0 Å². The smallest absolute Gasteiger partial charge is 0.319 e. The van der Waals surface area contributed by atoms with Crippen LogP contribution in [0, 0.1) is 24.0 Å². The molecule has 52 heavy (non-hydrogen) atoms. The van der Waals surface area contributed by atoms with Crippen molar-refractivity contribution in [3.8, 4) is 35.4 Å². The molecule has 2 aromatic carbocycles. The highest BCUT2D eigenvalue weighted by molar-refractivity contribution is 6.03. The van der Waals surface area contributed by atoms with Crippen LogP contribution in [0.3, 0.4) is 0 Å². The summed E-state index contributed by atoms with van der Waals surface area (Å²) in [4.78, 5) is 23.8. The van der Waals surface area contributed by atoms with Crippen molar-refractivity contribution in [1.29, 1.82) is 0 Å². The number of aromatic nitrogens is 3. The Kier molecular flexibility index (Phi) is 8.63. The van der Waals surface area contributed by atoms with Crippen LogP contribution in [-0.2, 0) is 0 Å². The second kappa shape index (κ2) is 13.3. The van der Waals surface area contributed by atoms with E-state index in [1.165, 1.54) is 56.6 Å². The highest BCUT2D eigenvalue weighted by atomic mass is 19.1. The lowest BCUT2D eigenvalue weighted by Gasteiger charge is -2.42. The lowest BCUT2D eigenvalue weighted by molar-refractivity contribution is 0.107. The highest BCUT2D eigenvalue weighted by Crippen LogP contribution is 2.42. The summed E-state index contributed by atoms with van der Waals surface area (Å²) in [5.74, 6) is 1.44. The number of alkyl halides is 1. The summed E-state index contributed by atoms with van der Waals surface area (Å²) in [5.41, 5.74) is -0.432. The second-order valence-electron chi connectivity index (χ2n) is 15.5. The number of phenols is 1. The first-order valence-electron chi connectivity index (χ1n) is 18.8. The number of benzene rings is 2. The van der Waals surface area contributed by atoms with Crippen molar-refractivity contribution >= 4 is 27.5 Å². The van der Waals surface area contributed by atoms with E-state index in [9.17, 15) is 13.9 Å². The van der Waals surface area contributed by atoms with Gasteiger partial charge in [-0.25, -0.2) is 13.2 Å². The third-order valence-corrected chi connectivity index (χ3v) is 12.4. The predicted molar refractivity (Wildman–Crippen MR) is 194 cm³/mol. The van der Waals surface area contributed by atoms with Gasteiger partial charge >= 0.3 is 6.01 Å². The summed E-state index contributed by atoms with van der Waals surface area (Å²) in [6, 6.07) is 6.25. The number of phenolic OH excluding ortho intramolecular Hbond substituents is 1. The normalized spacial score (nSPS) is 26.7. The van der Waals surface area contributed by atoms with Gasteiger partial charge in [0.1, 0.15) is 41.4 Å². The average Bonchev–Trinajstić information content (AvgIpc) is 3.75. The number of nitrogens with zero attached hydrogens (tertiary/aromatic N) is 7. The van der Waals surface area contributed by atoms with E-state index in [-0.39, 0.29) is 46.1 Å². The Labute approximate surface area is 301 Å². The molecule has 0 aliphatic carbocycles. The van der Waals surface area contributed by atoms with Gasteiger partial charge in [0.25, 0.3) is 0 Å². The molecule has 0 amide bonds. The van der Waals surface area contributed by atoms with Crippen LogP contribution in [0.15, 0.2) is 30.5 Å². The molecule has 272 valence electrons. The first-order chi connectivity index (χ1) is 25.3. The lowest BCUT2D eigenvalue weighted by Crippen LogP contribution is -2.55. The molecule has 1 N–H and O–H groups in total. The molecule has 2 unspecified atom stereocenters. The molecule has 0 radical (unpaired) electrons. The Hall–Kier alpha value is -4.18. The Bertz CT molecular complexity index is 2060. The van der Waals surface area contributed by atoms with Crippen molar-refractivity contribution in [1.82, 2.24) is 29.7 Å². The molecular formula is C40H44F3N7O2. The van der Waals surface area contributed by atoms with Gasteiger partial charge in [0.2, 0.25) is 0 Å². The fourth-order valence-corrected chi connectivity index (χ4v) is 9.88. The van der Waals surface area contributed by atoms with Crippen LogP contribution < -0.4 is 9.64 Å². The van der Waals surface area contributed by atoms with Gasteiger partial charge in [0, 0.05) is 68.4 Å². The monoisotopic (exact) mass is 711 g/mol. The molecule has 5 aliphatic heterocycles. The summed E-state index contributed by atoms with van der Waals surface area (Å²) in [7, 11) is 0. The zero-order valence-electron chi connectivity index (χ0n) is 29.3. The standard InChI is InChI=1S/C40H44F3N7O2/c1-2-30-33(42)10-7-25-17-29(51)18-31(34(25)30)36-35(43)37-32(20-44-36)38(46-39(45-37)52-24-40-11-6-14-49(40)21-26(41)19-40)48-22-27-8-9-28(23-48)50(27)16-15-47-12-4-3-5-13-47/h1,7,10,17-18,20,26-28,51H,3-6,8-9,11-16,19,21-24H2/t26-,27?,28?,40+/m1/s1. The number of anilines is 1. The molecule has 7 heterocycles. The first kappa shape index (κ1) is 33.6. The maximum atomic E-state index is 17.1. The van der Waals surface area contributed by atoms with Crippen molar-refractivity contribution in [2.45, 2.75) is 75.2 Å². The predicted octanol–water partition coefficient (Wildman–Crippen LogP) is 5.90. The topological polar surface area (TPSA) is 81.1 Å². The van der Waals surface area contributed by atoms with Gasteiger partial charge in [-0.05, 0) is 81.7 Å². The Balaban J connectivity index is 1.10. The van der Waals surface area contributed by atoms with Gasteiger partial charge in [-0.15, -0.1) is 6.42 Å². The zero-order valence-corrected chi connectivity index (χ0v) is 29.3. The maximum absolute atomic E-state index is 17.1.